The number of benzene rings is 3. The molecule has 4 atom stereocenters. The Hall–Kier alpha value is -4.24. The molecule has 4 heterocycles. The highest BCUT2D eigenvalue weighted by atomic mass is 16.7. The van der Waals surface area contributed by atoms with Crippen LogP contribution in [0.25, 0.3) is 0 Å². The summed E-state index contributed by atoms with van der Waals surface area (Å²) in [5.41, 5.74) is 1.33. The number of carbonyl (C=O) groups is 2. The molecule has 0 bridgehead atoms. The van der Waals surface area contributed by atoms with Gasteiger partial charge < -0.3 is 14.8 Å². The Kier molecular flexibility index (Phi) is 4.68. The van der Waals surface area contributed by atoms with Gasteiger partial charge in [0.25, 0.3) is 5.69 Å². The fourth-order valence-electron chi connectivity index (χ4n) is 6.97. The Labute approximate surface area is 212 Å². The van der Waals surface area contributed by atoms with Crippen LogP contribution < -0.4 is 14.8 Å². The molecule has 0 radical (unpaired) electrons. The number of hydrogen-bond acceptors (Lipinski definition) is 7. The fourth-order valence-corrected chi connectivity index (χ4v) is 6.97. The van der Waals surface area contributed by atoms with Crippen molar-refractivity contribution in [3.05, 3.63) is 93.5 Å². The number of para-hydroxylation sites is 1. The molecule has 1 amide bonds. The van der Waals surface area contributed by atoms with Crippen LogP contribution in [-0.4, -0.2) is 40.9 Å². The molecule has 0 aromatic heterocycles. The third kappa shape index (κ3) is 2.94. The molecule has 0 aliphatic carbocycles. The second-order valence-corrected chi connectivity index (χ2v) is 9.96. The molecule has 186 valence electrons. The first-order valence-corrected chi connectivity index (χ1v) is 12.4. The molecule has 2 fully saturated rings. The van der Waals surface area contributed by atoms with Crippen LogP contribution in [0.15, 0.2) is 66.7 Å². The Bertz CT molecular complexity index is 1490. The van der Waals surface area contributed by atoms with E-state index in [-0.39, 0.29) is 30.2 Å². The number of ketones is 1. The first-order valence-electron chi connectivity index (χ1n) is 12.4. The summed E-state index contributed by atoms with van der Waals surface area (Å²) >= 11 is 0. The lowest BCUT2D eigenvalue weighted by Crippen LogP contribution is -2.52. The lowest BCUT2D eigenvalue weighted by Gasteiger charge is -2.36. The monoisotopic (exact) mass is 497 g/mol. The van der Waals surface area contributed by atoms with Crippen LogP contribution in [0.1, 0.15) is 40.2 Å². The minimum absolute atomic E-state index is 0.0338. The molecule has 9 nitrogen and oxygen atoms in total. The highest BCUT2D eigenvalue weighted by Crippen LogP contribution is 2.61. The maximum atomic E-state index is 14.6. The molecule has 2 saturated heterocycles. The van der Waals surface area contributed by atoms with Crippen LogP contribution in [0.3, 0.4) is 0 Å². The summed E-state index contributed by atoms with van der Waals surface area (Å²) in [6, 6.07) is 19.0. The number of fused-ring (bicyclic) bond motifs is 5. The molecule has 3 aromatic carbocycles. The summed E-state index contributed by atoms with van der Waals surface area (Å²) in [4.78, 5) is 42.0. The number of amides is 1. The molecule has 9 heteroatoms. The summed E-state index contributed by atoms with van der Waals surface area (Å²) in [7, 11) is 0. The average Bonchev–Trinajstić information content (AvgIpc) is 3.67. The summed E-state index contributed by atoms with van der Waals surface area (Å²) in [5.74, 6) is -0.594. The van der Waals surface area contributed by atoms with Gasteiger partial charge in [-0.25, -0.2) is 0 Å². The van der Waals surface area contributed by atoms with Gasteiger partial charge in [-0.1, -0.05) is 30.3 Å². The summed E-state index contributed by atoms with van der Waals surface area (Å²) in [5, 5.41) is 14.7. The van der Waals surface area contributed by atoms with Gasteiger partial charge in [0.05, 0.1) is 10.8 Å². The molecule has 37 heavy (non-hydrogen) atoms. The zero-order valence-corrected chi connectivity index (χ0v) is 19.8. The molecule has 4 aliphatic rings. The highest BCUT2D eigenvalue weighted by Gasteiger charge is 2.69. The largest absolute Gasteiger partial charge is 0.454 e. The number of nitrogens with one attached hydrogen (secondary N) is 1. The Morgan fingerprint density at radius 1 is 1.05 bits per heavy atom. The van der Waals surface area contributed by atoms with Gasteiger partial charge in [0.15, 0.2) is 17.3 Å². The summed E-state index contributed by atoms with van der Waals surface area (Å²) in [6.07, 6.45) is 1.66. The number of nitro groups is 1. The fraction of sp³-hybridized carbons (Fsp3) is 0.286. The van der Waals surface area contributed by atoms with E-state index in [2.05, 4.69) is 10.2 Å². The van der Waals surface area contributed by atoms with Gasteiger partial charge >= 0.3 is 0 Å². The molecule has 7 rings (SSSR count). The van der Waals surface area contributed by atoms with E-state index in [0.29, 0.717) is 34.9 Å². The number of hydrogen-bond donors (Lipinski definition) is 1. The van der Waals surface area contributed by atoms with Gasteiger partial charge in [-0.15, -0.1) is 0 Å². The summed E-state index contributed by atoms with van der Waals surface area (Å²) < 4.78 is 11.0. The number of rotatable bonds is 4. The Balaban J connectivity index is 1.46. The second kappa shape index (κ2) is 7.88. The van der Waals surface area contributed by atoms with Crippen molar-refractivity contribution >= 4 is 23.1 Å². The van der Waals surface area contributed by atoms with E-state index in [4.69, 9.17) is 9.47 Å². The topological polar surface area (TPSA) is 111 Å². The van der Waals surface area contributed by atoms with Gasteiger partial charge in [-0.05, 0) is 49.2 Å². The smallest absolute Gasteiger partial charge is 0.269 e. The molecule has 4 aliphatic heterocycles. The second-order valence-electron chi connectivity index (χ2n) is 9.96. The van der Waals surface area contributed by atoms with Crippen LogP contribution in [0, 0.1) is 16.0 Å². The Morgan fingerprint density at radius 3 is 2.76 bits per heavy atom. The summed E-state index contributed by atoms with van der Waals surface area (Å²) in [6.45, 7) is 0.741. The van der Waals surface area contributed by atoms with Crippen LogP contribution in [0.5, 0.6) is 11.5 Å². The molecule has 0 unspecified atom stereocenters. The van der Waals surface area contributed by atoms with Crippen molar-refractivity contribution in [2.75, 3.05) is 18.7 Å². The first-order chi connectivity index (χ1) is 18.0. The number of carbonyl (C=O) groups excluding carboxylic acids is 2. The van der Waals surface area contributed by atoms with E-state index in [1.54, 1.807) is 30.3 Å². The van der Waals surface area contributed by atoms with Gasteiger partial charge in [0.1, 0.15) is 5.54 Å². The number of anilines is 1. The predicted octanol–water partition coefficient (Wildman–Crippen LogP) is 4.23. The molecule has 0 saturated carbocycles. The van der Waals surface area contributed by atoms with Crippen LogP contribution in [0.2, 0.25) is 0 Å². The number of nitro benzene ring substituents is 1. The zero-order chi connectivity index (χ0) is 25.3. The SMILES string of the molecule is O=C(c1ccc2c(c1)OCO2)[C@@H]1[C@H](c2cccc([N+](=O)[O-])c2)[C@H]2CCCN2[C@@]12C(=O)Nc1ccccc12. The first kappa shape index (κ1) is 22.0. The lowest BCUT2D eigenvalue weighted by molar-refractivity contribution is -0.384. The van der Waals surface area contributed by atoms with Crippen molar-refractivity contribution in [2.45, 2.75) is 30.3 Å². The van der Waals surface area contributed by atoms with E-state index in [0.717, 1.165) is 18.4 Å². The minimum atomic E-state index is -1.22. The van der Waals surface area contributed by atoms with E-state index in [9.17, 15) is 19.7 Å². The number of nitrogens with zero attached hydrogens (tertiary/aromatic N) is 2. The van der Waals surface area contributed by atoms with Crippen molar-refractivity contribution in [3.63, 3.8) is 0 Å². The average molecular weight is 498 g/mol. The third-order valence-electron chi connectivity index (χ3n) is 8.31. The van der Waals surface area contributed by atoms with Gasteiger partial charge in [0.2, 0.25) is 12.7 Å². The van der Waals surface area contributed by atoms with Gasteiger partial charge in [0, 0.05) is 40.9 Å². The van der Waals surface area contributed by atoms with Crippen molar-refractivity contribution < 1.29 is 24.0 Å². The quantitative estimate of drug-likeness (QED) is 0.326. The zero-order valence-electron chi connectivity index (χ0n) is 19.8. The van der Waals surface area contributed by atoms with Crippen LogP contribution >= 0.6 is 0 Å². The molecule has 1 N–H and O–H groups in total. The number of ether oxygens (including phenoxy) is 2. The van der Waals surface area contributed by atoms with Crippen LogP contribution in [0.4, 0.5) is 11.4 Å². The normalized spacial score (nSPS) is 27.2. The molecule has 3 aromatic rings. The number of non-ortho nitro benzene ring substituents is 1. The van der Waals surface area contributed by atoms with E-state index >= 15 is 0 Å². The van der Waals surface area contributed by atoms with E-state index in [1.165, 1.54) is 6.07 Å². The maximum Gasteiger partial charge on any atom is 0.269 e. The molecular weight excluding hydrogens is 474 g/mol. The van der Waals surface area contributed by atoms with Crippen molar-refractivity contribution in [3.8, 4) is 11.5 Å². The lowest BCUT2D eigenvalue weighted by atomic mass is 9.68. The van der Waals surface area contributed by atoms with E-state index < -0.39 is 22.3 Å². The van der Waals surface area contributed by atoms with Gasteiger partial charge in [-0.2, -0.15) is 0 Å². The predicted molar refractivity (Wildman–Crippen MR) is 133 cm³/mol. The maximum absolute atomic E-state index is 14.6. The van der Waals surface area contributed by atoms with E-state index in [1.807, 2.05) is 30.3 Å². The third-order valence-corrected chi connectivity index (χ3v) is 8.31. The van der Waals surface area contributed by atoms with Crippen LogP contribution in [-0.2, 0) is 10.3 Å². The Morgan fingerprint density at radius 2 is 1.89 bits per heavy atom. The van der Waals surface area contributed by atoms with Gasteiger partial charge in [-0.3, -0.25) is 24.6 Å². The van der Waals surface area contributed by atoms with Crippen molar-refractivity contribution in [1.29, 1.82) is 0 Å². The van der Waals surface area contributed by atoms with Crippen molar-refractivity contribution in [2.24, 2.45) is 5.92 Å². The van der Waals surface area contributed by atoms with Crippen molar-refractivity contribution in [1.82, 2.24) is 4.90 Å². The number of Topliss-reactive ketones (excluding diaryl/α,β-unsaturated/α-hetero) is 1. The molecular formula is C28H23N3O6. The highest BCUT2D eigenvalue weighted by molar-refractivity contribution is 6.12. The molecule has 1 spiro atoms. The standard InChI is InChI=1S/C28H23N3O6/c32-26(17-10-11-22-23(14-17)37-15-36-22)25-24(16-5-3-6-18(13-16)31(34)35)21-9-4-12-30(21)28(25)19-7-1-2-8-20(19)29-27(28)33/h1-3,5-8,10-11,13-14,21,24-25H,4,9,12,15H2,(H,29,33)/t21-,24-,25+,28-/m1/s1. The minimum Gasteiger partial charge on any atom is -0.454 e.